The highest BCUT2D eigenvalue weighted by atomic mass is 32.1. The van der Waals surface area contributed by atoms with Crippen LogP contribution in [-0.4, -0.2) is 9.97 Å². The normalized spacial score (nSPS) is 11.4. The van der Waals surface area contributed by atoms with Crippen LogP contribution < -0.4 is 5.73 Å². The van der Waals surface area contributed by atoms with E-state index in [-0.39, 0.29) is 0 Å². The van der Waals surface area contributed by atoms with Crippen molar-refractivity contribution in [1.82, 2.24) is 9.97 Å². The predicted octanol–water partition coefficient (Wildman–Crippen LogP) is 4.30. The van der Waals surface area contributed by atoms with Gasteiger partial charge in [0.1, 0.15) is 0 Å². The maximum absolute atomic E-state index is 5.90. The van der Waals surface area contributed by atoms with E-state index in [4.69, 9.17) is 10.7 Å². The number of para-hydroxylation sites is 1. The molecule has 0 radical (unpaired) electrons. The number of thiazole rings is 1. The van der Waals surface area contributed by atoms with E-state index in [1.165, 1.54) is 15.8 Å². The number of aryl methyl sites for hydroxylation is 1. The summed E-state index contributed by atoms with van der Waals surface area (Å²) in [6.07, 6.45) is 0.843. The first kappa shape index (κ1) is 14.0. The zero-order valence-corrected chi connectivity index (χ0v) is 13.4. The Kier molecular flexibility index (Phi) is 3.64. The second kappa shape index (κ2) is 5.45. The largest absolute Gasteiger partial charge is 0.375 e. The van der Waals surface area contributed by atoms with E-state index in [1.807, 2.05) is 6.92 Å². The van der Waals surface area contributed by atoms with Gasteiger partial charge in [0.05, 0.1) is 11.2 Å². The third-order valence-corrected chi connectivity index (χ3v) is 4.49. The highest BCUT2D eigenvalue weighted by molar-refractivity contribution is 7.15. The lowest BCUT2D eigenvalue weighted by molar-refractivity contribution is 0.820. The second-order valence-electron chi connectivity index (χ2n) is 5.63. The molecule has 1 aromatic carbocycles. The van der Waals surface area contributed by atoms with Crippen LogP contribution in [-0.2, 0) is 6.42 Å². The molecular formula is C17H19N3S. The highest BCUT2D eigenvalue weighted by Gasteiger charge is 2.14. The van der Waals surface area contributed by atoms with E-state index in [9.17, 15) is 0 Å². The molecule has 0 spiro atoms. The molecule has 2 heterocycles. The van der Waals surface area contributed by atoms with Crippen molar-refractivity contribution in [3.8, 4) is 0 Å². The molecule has 0 saturated heterocycles. The number of rotatable bonds is 3. The molecule has 0 aliphatic rings. The zero-order chi connectivity index (χ0) is 15.0. The Labute approximate surface area is 128 Å². The summed E-state index contributed by atoms with van der Waals surface area (Å²) in [5.41, 5.74) is 10.4. The van der Waals surface area contributed by atoms with Gasteiger partial charge in [0, 0.05) is 22.4 Å². The third kappa shape index (κ3) is 2.76. The summed E-state index contributed by atoms with van der Waals surface area (Å²) in [6.45, 7) is 6.34. The van der Waals surface area contributed by atoms with E-state index in [1.54, 1.807) is 11.3 Å². The number of pyridine rings is 1. The van der Waals surface area contributed by atoms with E-state index in [0.717, 1.165) is 23.3 Å². The van der Waals surface area contributed by atoms with Gasteiger partial charge in [-0.1, -0.05) is 38.1 Å². The van der Waals surface area contributed by atoms with Crippen LogP contribution in [0.15, 0.2) is 30.3 Å². The molecule has 0 aliphatic heterocycles. The Bertz CT molecular complexity index is 790. The maximum Gasteiger partial charge on any atom is 0.180 e. The molecule has 21 heavy (non-hydrogen) atoms. The van der Waals surface area contributed by atoms with Gasteiger partial charge in [0.2, 0.25) is 0 Å². The zero-order valence-electron chi connectivity index (χ0n) is 12.6. The lowest BCUT2D eigenvalue weighted by Gasteiger charge is -2.08. The molecule has 0 fully saturated rings. The third-order valence-electron chi connectivity index (χ3n) is 3.59. The van der Waals surface area contributed by atoms with Gasteiger partial charge in [0.25, 0.3) is 0 Å². The molecule has 0 saturated carbocycles. The molecule has 108 valence electrons. The summed E-state index contributed by atoms with van der Waals surface area (Å²) >= 11 is 1.59. The Morgan fingerprint density at radius 1 is 1.14 bits per heavy atom. The first-order chi connectivity index (χ1) is 10.0. The molecule has 3 nitrogen and oxygen atoms in total. The molecule has 0 aliphatic carbocycles. The van der Waals surface area contributed by atoms with E-state index in [0.29, 0.717) is 11.0 Å². The van der Waals surface area contributed by atoms with Gasteiger partial charge >= 0.3 is 0 Å². The monoisotopic (exact) mass is 297 g/mol. The van der Waals surface area contributed by atoms with Crippen LogP contribution in [0.25, 0.3) is 10.9 Å². The Hall–Kier alpha value is -1.94. The van der Waals surface area contributed by atoms with Crippen molar-refractivity contribution in [3.63, 3.8) is 0 Å². The number of hydrogen-bond acceptors (Lipinski definition) is 4. The van der Waals surface area contributed by atoms with Gasteiger partial charge in [-0.05, 0) is 24.5 Å². The molecule has 3 rings (SSSR count). The topological polar surface area (TPSA) is 51.8 Å². The molecule has 0 bridgehead atoms. The standard InChI is InChI=1S/C17H19N3S/c1-10(2)15-14(21-17(18)20-15)9-13-6-4-5-12-8-7-11(3)19-16(12)13/h4-8,10H,9H2,1-3H3,(H2,18,20). The van der Waals surface area contributed by atoms with Crippen molar-refractivity contribution >= 4 is 27.4 Å². The van der Waals surface area contributed by atoms with Crippen molar-refractivity contribution in [1.29, 1.82) is 0 Å². The number of nitrogens with zero attached hydrogens (tertiary/aromatic N) is 2. The summed E-state index contributed by atoms with van der Waals surface area (Å²) in [5.74, 6) is 0.387. The predicted molar refractivity (Wildman–Crippen MR) is 89.9 cm³/mol. The van der Waals surface area contributed by atoms with Gasteiger partial charge < -0.3 is 5.73 Å². The quantitative estimate of drug-likeness (QED) is 0.784. The van der Waals surface area contributed by atoms with Crippen LogP contribution in [0.3, 0.4) is 0 Å². The Morgan fingerprint density at radius 2 is 1.95 bits per heavy atom. The fourth-order valence-corrected chi connectivity index (χ4v) is 3.59. The van der Waals surface area contributed by atoms with Crippen LogP contribution in [0.4, 0.5) is 5.13 Å². The maximum atomic E-state index is 5.90. The van der Waals surface area contributed by atoms with E-state index < -0.39 is 0 Å². The molecule has 3 aromatic rings. The van der Waals surface area contributed by atoms with Gasteiger partial charge in [-0.3, -0.25) is 4.98 Å². The fourth-order valence-electron chi connectivity index (χ4n) is 2.58. The summed E-state index contributed by atoms with van der Waals surface area (Å²) in [6, 6.07) is 10.5. The molecule has 2 aromatic heterocycles. The van der Waals surface area contributed by atoms with Gasteiger partial charge in [-0.2, -0.15) is 0 Å². The highest BCUT2D eigenvalue weighted by Crippen LogP contribution is 2.30. The van der Waals surface area contributed by atoms with Gasteiger partial charge in [-0.25, -0.2) is 4.98 Å². The smallest absolute Gasteiger partial charge is 0.180 e. The summed E-state index contributed by atoms with van der Waals surface area (Å²) in [7, 11) is 0. The van der Waals surface area contributed by atoms with Crippen molar-refractivity contribution in [2.24, 2.45) is 0 Å². The minimum atomic E-state index is 0.387. The first-order valence-electron chi connectivity index (χ1n) is 7.15. The fraction of sp³-hybridized carbons (Fsp3) is 0.294. The van der Waals surface area contributed by atoms with Crippen LogP contribution in [0, 0.1) is 6.92 Å². The molecule has 0 atom stereocenters. The lowest BCUT2D eigenvalue weighted by atomic mass is 10.0. The average Bonchev–Trinajstić information content (AvgIpc) is 2.80. The second-order valence-corrected chi connectivity index (χ2v) is 6.75. The Morgan fingerprint density at radius 3 is 2.71 bits per heavy atom. The summed E-state index contributed by atoms with van der Waals surface area (Å²) in [4.78, 5) is 10.4. The molecule has 2 N–H and O–H groups in total. The van der Waals surface area contributed by atoms with Crippen molar-refractivity contribution in [2.75, 3.05) is 5.73 Å². The van der Waals surface area contributed by atoms with Crippen LogP contribution in [0.2, 0.25) is 0 Å². The van der Waals surface area contributed by atoms with Gasteiger partial charge in [-0.15, -0.1) is 11.3 Å². The number of fused-ring (bicyclic) bond motifs is 1. The van der Waals surface area contributed by atoms with Crippen molar-refractivity contribution in [2.45, 2.75) is 33.1 Å². The van der Waals surface area contributed by atoms with Crippen molar-refractivity contribution < 1.29 is 0 Å². The molecule has 0 amide bonds. The lowest BCUT2D eigenvalue weighted by Crippen LogP contribution is -1.97. The molecular weight excluding hydrogens is 278 g/mol. The van der Waals surface area contributed by atoms with Crippen LogP contribution in [0.5, 0.6) is 0 Å². The molecule has 0 unspecified atom stereocenters. The van der Waals surface area contributed by atoms with E-state index in [2.05, 4.69) is 49.2 Å². The minimum Gasteiger partial charge on any atom is -0.375 e. The van der Waals surface area contributed by atoms with Crippen molar-refractivity contribution in [3.05, 3.63) is 52.2 Å². The first-order valence-corrected chi connectivity index (χ1v) is 7.96. The number of aromatic nitrogens is 2. The van der Waals surface area contributed by atoms with Gasteiger partial charge in [0.15, 0.2) is 5.13 Å². The number of anilines is 1. The van der Waals surface area contributed by atoms with Crippen LogP contribution in [0.1, 0.15) is 41.6 Å². The van der Waals surface area contributed by atoms with E-state index >= 15 is 0 Å². The Balaban J connectivity index is 2.08. The number of hydrogen-bond donors (Lipinski definition) is 1. The number of nitrogens with two attached hydrogens (primary N) is 1. The van der Waals surface area contributed by atoms with Crippen LogP contribution >= 0.6 is 11.3 Å². The number of benzene rings is 1. The number of nitrogen functional groups attached to an aromatic ring is 1. The SMILES string of the molecule is Cc1ccc2cccc(Cc3sc(N)nc3C(C)C)c2n1. The summed E-state index contributed by atoms with van der Waals surface area (Å²) in [5, 5.41) is 1.83. The summed E-state index contributed by atoms with van der Waals surface area (Å²) < 4.78 is 0. The minimum absolute atomic E-state index is 0.387. The molecule has 4 heteroatoms. The average molecular weight is 297 g/mol.